The van der Waals surface area contributed by atoms with Gasteiger partial charge in [-0.05, 0) is 19.9 Å². The Balaban J connectivity index is 0.00000162. The minimum atomic E-state index is 0. The quantitative estimate of drug-likeness (QED) is 0.909. The highest BCUT2D eigenvalue weighted by Gasteiger charge is 2.16. The molecule has 1 aromatic rings. The van der Waals surface area contributed by atoms with Crippen LogP contribution in [-0.4, -0.2) is 37.2 Å². The van der Waals surface area contributed by atoms with E-state index in [1.165, 1.54) is 5.56 Å². The molecular formula is C14H23ClN2O. The van der Waals surface area contributed by atoms with E-state index in [1.807, 2.05) is 13.0 Å². The Hall–Kier alpha value is -0.770. The third-order valence-electron chi connectivity index (χ3n) is 3.12. The molecule has 102 valence electrons. The summed E-state index contributed by atoms with van der Waals surface area (Å²) >= 11 is 0. The molecule has 1 aliphatic rings. The van der Waals surface area contributed by atoms with Crippen LogP contribution in [0.2, 0.25) is 0 Å². The summed E-state index contributed by atoms with van der Waals surface area (Å²) in [5.74, 6) is 1.03. The molecule has 1 heterocycles. The molecule has 3 nitrogen and oxygen atoms in total. The van der Waals surface area contributed by atoms with Gasteiger partial charge in [0.25, 0.3) is 0 Å². The van der Waals surface area contributed by atoms with Crippen molar-refractivity contribution < 1.29 is 4.74 Å². The molecule has 0 bridgehead atoms. The zero-order valence-corrected chi connectivity index (χ0v) is 12.0. The minimum absolute atomic E-state index is 0. The summed E-state index contributed by atoms with van der Waals surface area (Å²) in [6, 6.07) is 8.93. The fourth-order valence-electron chi connectivity index (χ4n) is 2.33. The van der Waals surface area contributed by atoms with E-state index >= 15 is 0 Å². The number of ether oxygens (including phenoxy) is 1. The number of nitrogens with zero attached hydrogens (tertiary/aromatic N) is 1. The lowest BCUT2D eigenvalue weighted by molar-refractivity contribution is 0.196. The van der Waals surface area contributed by atoms with E-state index in [1.54, 1.807) is 0 Å². The monoisotopic (exact) mass is 270 g/mol. The summed E-state index contributed by atoms with van der Waals surface area (Å²) in [5, 5.41) is 3.46. The van der Waals surface area contributed by atoms with Crippen molar-refractivity contribution in [1.82, 2.24) is 10.2 Å². The van der Waals surface area contributed by atoms with Crippen LogP contribution in [0.3, 0.4) is 0 Å². The Kier molecular flexibility index (Phi) is 6.47. The van der Waals surface area contributed by atoms with E-state index in [2.05, 4.69) is 35.3 Å². The molecule has 1 saturated heterocycles. The first-order valence-corrected chi connectivity index (χ1v) is 6.46. The van der Waals surface area contributed by atoms with Crippen LogP contribution in [0.5, 0.6) is 5.75 Å². The number of nitrogens with one attached hydrogen (secondary N) is 1. The second kappa shape index (κ2) is 7.62. The maximum Gasteiger partial charge on any atom is 0.123 e. The van der Waals surface area contributed by atoms with Crippen LogP contribution in [0, 0.1) is 0 Å². The zero-order chi connectivity index (χ0) is 12.1. The number of benzene rings is 1. The van der Waals surface area contributed by atoms with Gasteiger partial charge in [0.05, 0.1) is 6.61 Å². The molecule has 1 aromatic carbocycles. The third kappa shape index (κ3) is 4.16. The van der Waals surface area contributed by atoms with Gasteiger partial charge in [0.2, 0.25) is 0 Å². The molecule has 1 atom stereocenters. The average molecular weight is 271 g/mol. The van der Waals surface area contributed by atoms with E-state index < -0.39 is 0 Å². The highest BCUT2D eigenvalue weighted by Crippen LogP contribution is 2.20. The van der Waals surface area contributed by atoms with Gasteiger partial charge in [-0.3, -0.25) is 4.90 Å². The Morgan fingerprint density at radius 3 is 2.89 bits per heavy atom. The number of para-hydroxylation sites is 1. The molecule has 0 radical (unpaired) electrons. The van der Waals surface area contributed by atoms with Crippen LogP contribution in [0.1, 0.15) is 19.4 Å². The maximum atomic E-state index is 5.66. The molecule has 0 aromatic heterocycles. The highest BCUT2D eigenvalue weighted by molar-refractivity contribution is 5.85. The largest absolute Gasteiger partial charge is 0.494 e. The fourth-order valence-corrected chi connectivity index (χ4v) is 2.33. The lowest BCUT2D eigenvalue weighted by Gasteiger charge is -2.32. The standard InChI is InChI=1S/C14H22N2O.ClH/c1-3-17-14-7-5-4-6-13(14)11-16-9-8-15-12(2)10-16;/h4-7,12,15H,3,8-11H2,1-2H3;1H. The second-order valence-corrected chi connectivity index (χ2v) is 4.63. The maximum absolute atomic E-state index is 5.66. The van der Waals surface area contributed by atoms with Crippen LogP contribution in [0.15, 0.2) is 24.3 Å². The van der Waals surface area contributed by atoms with Gasteiger partial charge >= 0.3 is 0 Å². The van der Waals surface area contributed by atoms with Gasteiger partial charge in [-0.2, -0.15) is 0 Å². The molecule has 1 N–H and O–H groups in total. The van der Waals surface area contributed by atoms with Crippen LogP contribution in [0.25, 0.3) is 0 Å². The van der Waals surface area contributed by atoms with Gasteiger partial charge in [-0.15, -0.1) is 12.4 Å². The first kappa shape index (κ1) is 15.3. The molecular weight excluding hydrogens is 248 g/mol. The van der Waals surface area contributed by atoms with Crippen LogP contribution in [0.4, 0.5) is 0 Å². The van der Waals surface area contributed by atoms with Gasteiger partial charge < -0.3 is 10.1 Å². The summed E-state index contributed by atoms with van der Waals surface area (Å²) in [5.41, 5.74) is 1.29. The number of rotatable bonds is 4. The number of halogens is 1. The van der Waals surface area contributed by atoms with Crippen molar-refractivity contribution in [1.29, 1.82) is 0 Å². The Bertz CT molecular complexity index is 359. The van der Waals surface area contributed by atoms with E-state index in [9.17, 15) is 0 Å². The summed E-state index contributed by atoms with van der Waals surface area (Å²) in [4.78, 5) is 2.49. The van der Waals surface area contributed by atoms with Gasteiger partial charge in [0.15, 0.2) is 0 Å². The average Bonchev–Trinajstić information content (AvgIpc) is 2.32. The van der Waals surface area contributed by atoms with E-state index in [0.29, 0.717) is 6.04 Å². The van der Waals surface area contributed by atoms with Crippen molar-refractivity contribution in [2.75, 3.05) is 26.2 Å². The van der Waals surface area contributed by atoms with Crippen molar-refractivity contribution >= 4 is 12.4 Å². The molecule has 18 heavy (non-hydrogen) atoms. The molecule has 1 unspecified atom stereocenters. The molecule has 2 rings (SSSR count). The zero-order valence-electron chi connectivity index (χ0n) is 11.2. The van der Waals surface area contributed by atoms with E-state index in [-0.39, 0.29) is 12.4 Å². The minimum Gasteiger partial charge on any atom is -0.494 e. The van der Waals surface area contributed by atoms with Gasteiger partial charge in [0.1, 0.15) is 5.75 Å². The van der Waals surface area contributed by atoms with E-state index in [4.69, 9.17) is 4.74 Å². The van der Waals surface area contributed by atoms with Crippen LogP contribution < -0.4 is 10.1 Å². The predicted octanol–water partition coefficient (Wildman–Crippen LogP) is 2.30. The second-order valence-electron chi connectivity index (χ2n) is 4.63. The lowest BCUT2D eigenvalue weighted by atomic mass is 10.1. The smallest absolute Gasteiger partial charge is 0.123 e. The van der Waals surface area contributed by atoms with Crippen molar-refractivity contribution in [2.24, 2.45) is 0 Å². The number of hydrogen-bond acceptors (Lipinski definition) is 3. The van der Waals surface area contributed by atoms with Gasteiger partial charge in [-0.25, -0.2) is 0 Å². The Labute approximate surface area is 116 Å². The molecule has 0 aliphatic carbocycles. The molecule has 0 amide bonds. The molecule has 1 aliphatic heterocycles. The molecule has 1 fully saturated rings. The third-order valence-corrected chi connectivity index (χ3v) is 3.12. The van der Waals surface area contributed by atoms with Crippen molar-refractivity contribution in [3.8, 4) is 5.75 Å². The van der Waals surface area contributed by atoms with Crippen molar-refractivity contribution in [3.63, 3.8) is 0 Å². The predicted molar refractivity (Wildman–Crippen MR) is 77.6 cm³/mol. The Morgan fingerprint density at radius 1 is 1.39 bits per heavy atom. The van der Waals surface area contributed by atoms with Crippen molar-refractivity contribution in [2.45, 2.75) is 26.4 Å². The first-order chi connectivity index (χ1) is 8.29. The van der Waals surface area contributed by atoms with Gasteiger partial charge in [-0.1, -0.05) is 18.2 Å². The topological polar surface area (TPSA) is 24.5 Å². The summed E-state index contributed by atoms with van der Waals surface area (Å²) in [6.07, 6.45) is 0. The SMILES string of the molecule is CCOc1ccccc1CN1CCNC(C)C1.Cl. The van der Waals surface area contributed by atoms with Crippen molar-refractivity contribution in [3.05, 3.63) is 29.8 Å². The Morgan fingerprint density at radius 2 is 2.17 bits per heavy atom. The number of piperazine rings is 1. The molecule has 4 heteroatoms. The number of hydrogen-bond donors (Lipinski definition) is 1. The highest BCUT2D eigenvalue weighted by atomic mass is 35.5. The molecule has 0 spiro atoms. The lowest BCUT2D eigenvalue weighted by Crippen LogP contribution is -2.48. The normalized spacial score (nSPS) is 20.2. The summed E-state index contributed by atoms with van der Waals surface area (Å²) in [7, 11) is 0. The first-order valence-electron chi connectivity index (χ1n) is 6.46. The van der Waals surface area contributed by atoms with Crippen LogP contribution in [-0.2, 0) is 6.54 Å². The molecule has 0 saturated carbocycles. The summed E-state index contributed by atoms with van der Waals surface area (Å²) < 4.78 is 5.66. The fraction of sp³-hybridized carbons (Fsp3) is 0.571. The summed E-state index contributed by atoms with van der Waals surface area (Å²) in [6.45, 7) is 9.30. The van der Waals surface area contributed by atoms with Crippen LogP contribution >= 0.6 is 12.4 Å². The van der Waals surface area contributed by atoms with Gasteiger partial charge in [0, 0.05) is 37.8 Å². The van der Waals surface area contributed by atoms with E-state index in [0.717, 1.165) is 38.5 Å².